The first kappa shape index (κ1) is 17.5. The predicted octanol–water partition coefficient (Wildman–Crippen LogP) is 2.26. The van der Waals surface area contributed by atoms with Crippen molar-refractivity contribution >= 4 is 23.6 Å². The Morgan fingerprint density at radius 3 is 2.50 bits per heavy atom. The Kier molecular flexibility index (Phi) is 5.52. The molecular weight excluding hydrogens is 306 g/mol. The summed E-state index contributed by atoms with van der Waals surface area (Å²) in [6.45, 7) is 3.49. The van der Waals surface area contributed by atoms with E-state index in [2.05, 4.69) is 5.10 Å². The molecule has 0 atom stereocenters. The summed E-state index contributed by atoms with van der Waals surface area (Å²) in [5.74, 6) is -0.857. The highest BCUT2D eigenvalue weighted by atomic mass is 16.5. The zero-order chi connectivity index (χ0) is 17.7. The van der Waals surface area contributed by atoms with Crippen LogP contribution in [-0.2, 0) is 21.4 Å². The summed E-state index contributed by atoms with van der Waals surface area (Å²) in [5, 5.41) is 4.27. The van der Waals surface area contributed by atoms with E-state index in [4.69, 9.17) is 4.74 Å². The fourth-order valence-electron chi connectivity index (χ4n) is 2.26. The van der Waals surface area contributed by atoms with E-state index in [0.29, 0.717) is 0 Å². The highest BCUT2D eigenvalue weighted by Gasteiger charge is 2.13. The Morgan fingerprint density at radius 2 is 1.92 bits per heavy atom. The second-order valence-electron chi connectivity index (χ2n) is 5.44. The van der Waals surface area contributed by atoms with Gasteiger partial charge in [-0.3, -0.25) is 9.48 Å². The molecule has 6 heteroatoms. The number of aryl methyl sites for hydroxylation is 2. The molecule has 0 N–H and O–H groups in total. The summed E-state index contributed by atoms with van der Waals surface area (Å²) in [7, 11) is 3.49. The van der Waals surface area contributed by atoms with Gasteiger partial charge in [0.2, 0.25) is 0 Å². The first-order valence-corrected chi connectivity index (χ1v) is 7.56. The van der Waals surface area contributed by atoms with Crippen LogP contribution in [0.25, 0.3) is 6.08 Å². The third-order valence-electron chi connectivity index (χ3n) is 3.81. The summed E-state index contributed by atoms with van der Waals surface area (Å²) >= 11 is 0. The summed E-state index contributed by atoms with van der Waals surface area (Å²) in [6, 6.07) is 9.18. The van der Waals surface area contributed by atoms with Crippen molar-refractivity contribution in [2.75, 3.05) is 18.6 Å². The molecule has 1 aromatic carbocycles. The van der Waals surface area contributed by atoms with Gasteiger partial charge in [-0.2, -0.15) is 5.10 Å². The number of rotatable bonds is 5. The molecule has 1 heterocycles. The number of benzene rings is 1. The molecule has 0 saturated carbocycles. The number of hydrogen-bond acceptors (Lipinski definition) is 4. The fourth-order valence-corrected chi connectivity index (χ4v) is 2.26. The van der Waals surface area contributed by atoms with Crippen molar-refractivity contribution in [3.63, 3.8) is 0 Å². The number of aromatic nitrogens is 2. The largest absolute Gasteiger partial charge is 0.452 e. The van der Waals surface area contributed by atoms with Gasteiger partial charge >= 0.3 is 5.97 Å². The normalized spacial score (nSPS) is 10.8. The van der Waals surface area contributed by atoms with Crippen LogP contribution in [0, 0.1) is 13.8 Å². The number of esters is 1. The van der Waals surface area contributed by atoms with E-state index in [1.165, 1.54) is 11.0 Å². The van der Waals surface area contributed by atoms with Gasteiger partial charge in [-0.05, 0) is 32.1 Å². The van der Waals surface area contributed by atoms with Crippen LogP contribution in [0.3, 0.4) is 0 Å². The lowest BCUT2D eigenvalue weighted by molar-refractivity contribution is -0.142. The number of ether oxygens (including phenoxy) is 1. The van der Waals surface area contributed by atoms with Crippen molar-refractivity contribution in [2.24, 2.45) is 7.05 Å². The number of likely N-dealkylation sites (N-methyl/N-ethyl adjacent to an activating group) is 1. The van der Waals surface area contributed by atoms with Gasteiger partial charge in [0.05, 0.1) is 5.69 Å². The Morgan fingerprint density at radius 1 is 1.25 bits per heavy atom. The molecule has 0 unspecified atom stereocenters. The van der Waals surface area contributed by atoms with Crippen LogP contribution in [0.1, 0.15) is 17.0 Å². The Balaban J connectivity index is 1.91. The van der Waals surface area contributed by atoms with Crippen LogP contribution in [0.4, 0.5) is 5.69 Å². The van der Waals surface area contributed by atoms with E-state index in [-0.39, 0.29) is 12.5 Å². The van der Waals surface area contributed by atoms with Gasteiger partial charge in [-0.25, -0.2) is 4.79 Å². The second kappa shape index (κ2) is 7.59. The van der Waals surface area contributed by atoms with E-state index >= 15 is 0 Å². The molecule has 2 rings (SSSR count). The zero-order valence-electron chi connectivity index (χ0n) is 14.3. The number of hydrogen-bond donors (Lipinski definition) is 0. The molecule has 1 amide bonds. The number of amides is 1. The van der Waals surface area contributed by atoms with Gasteiger partial charge in [0, 0.05) is 37.1 Å². The topological polar surface area (TPSA) is 64.4 Å². The van der Waals surface area contributed by atoms with E-state index in [1.54, 1.807) is 17.8 Å². The molecule has 6 nitrogen and oxygen atoms in total. The first-order valence-electron chi connectivity index (χ1n) is 7.56. The summed E-state index contributed by atoms with van der Waals surface area (Å²) in [4.78, 5) is 25.3. The molecular formula is C18H21N3O3. The van der Waals surface area contributed by atoms with Gasteiger partial charge in [-0.15, -0.1) is 0 Å². The molecule has 0 aliphatic heterocycles. The summed E-state index contributed by atoms with van der Waals surface area (Å²) < 4.78 is 6.76. The quantitative estimate of drug-likeness (QED) is 0.624. The lowest BCUT2D eigenvalue weighted by atomic mass is 10.2. The van der Waals surface area contributed by atoms with Gasteiger partial charge in [0.25, 0.3) is 5.91 Å². The average Bonchev–Trinajstić information content (AvgIpc) is 2.83. The van der Waals surface area contributed by atoms with E-state index in [1.807, 2.05) is 51.2 Å². The lowest BCUT2D eigenvalue weighted by Crippen LogP contribution is -2.30. The SMILES string of the molecule is Cc1nn(C)c(C)c1/C=C/C(=O)OCC(=O)N(C)c1ccccc1. The predicted molar refractivity (Wildman–Crippen MR) is 92.5 cm³/mol. The fraction of sp³-hybridized carbons (Fsp3) is 0.278. The summed E-state index contributed by atoms with van der Waals surface area (Å²) in [6.07, 6.45) is 2.97. The zero-order valence-corrected chi connectivity index (χ0v) is 14.3. The Hall–Kier alpha value is -2.89. The Bertz CT molecular complexity index is 763. The molecule has 0 aliphatic carbocycles. The third kappa shape index (κ3) is 4.10. The van der Waals surface area contributed by atoms with Crippen LogP contribution in [-0.4, -0.2) is 35.3 Å². The van der Waals surface area contributed by atoms with Crippen molar-refractivity contribution < 1.29 is 14.3 Å². The van der Waals surface area contributed by atoms with Crippen LogP contribution >= 0.6 is 0 Å². The number of anilines is 1. The van der Waals surface area contributed by atoms with E-state index in [9.17, 15) is 9.59 Å². The maximum atomic E-state index is 12.0. The standard InChI is InChI=1S/C18H21N3O3/c1-13-16(14(2)21(4)19-13)10-11-18(23)24-12-17(22)20(3)15-8-6-5-7-9-15/h5-11H,12H2,1-4H3/b11-10+. The molecule has 0 spiro atoms. The molecule has 24 heavy (non-hydrogen) atoms. The molecule has 0 aliphatic rings. The van der Waals surface area contributed by atoms with Gasteiger partial charge in [0.1, 0.15) is 0 Å². The molecule has 0 bridgehead atoms. The molecule has 126 valence electrons. The minimum Gasteiger partial charge on any atom is -0.452 e. The highest BCUT2D eigenvalue weighted by Crippen LogP contribution is 2.14. The number of nitrogens with zero attached hydrogens (tertiary/aromatic N) is 3. The second-order valence-corrected chi connectivity index (χ2v) is 5.44. The van der Waals surface area contributed by atoms with Crippen molar-refractivity contribution in [1.82, 2.24) is 9.78 Å². The molecule has 0 radical (unpaired) electrons. The number of carbonyl (C=O) groups excluding carboxylic acids is 2. The van der Waals surface area contributed by atoms with Crippen LogP contribution in [0.2, 0.25) is 0 Å². The molecule has 0 fully saturated rings. The van der Waals surface area contributed by atoms with Crippen LogP contribution in [0.15, 0.2) is 36.4 Å². The smallest absolute Gasteiger partial charge is 0.331 e. The van der Waals surface area contributed by atoms with Crippen molar-refractivity contribution in [3.05, 3.63) is 53.4 Å². The molecule has 0 saturated heterocycles. The number of carbonyl (C=O) groups is 2. The lowest BCUT2D eigenvalue weighted by Gasteiger charge is -2.16. The number of para-hydroxylation sites is 1. The monoisotopic (exact) mass is 327 g/mol. The van der Waals surface area contributed by atoms with Crippen LogP contribution in [0.5, 0.6) is 0 Å². The van der Waals surface area contributed by atoms with Crippen molar-refractivity contribution in [3.8, 4) is 0 Å². The first-order chi connectivity index (χ1) is 11.4. The van der Waals surface area contributed by atoms with Crippen LogP contribution < -0.4 is 4.90 Å². The minimum atomic E-state index is -0.563. The van der Waals surface area contributed by atoms with Gasteiger partial charge in [-0.1, -0.05) is 18.2 Å². The highest BCUT2D eigenvalue weighted by molar-refractivity contribution is 5.96. The molecule has 2 aromatic rings. The third-order valence-corrected chi connectivity index (χ3v) is 3.81. The van der Waals surface area contributed by atoms with Gasteiger partial charge < -0.3 is 9.64 Å². The summed E-state index contributed by atoms with van der Waals surface area (Å²) in [5.41, 5.74) is 3.41. The molecule has 1 aromatic heterocycles. The Labute approximate surface area is 141 Å². The van der Waals surface area contributed by atoms with Crippen molar-refractivity contribution in [1.29, 1.82) is 0 Å². The maximum absolute atomic E-state index is 12.0. The van der Waals surface area contributed by atoms with Gasteiger partial charge in [0.15, 0.2) is 6.61 Å². The average molecular weight is 327 g/mol. The van der Waals surface area contributed by atoms with E-state index in [0.717, 1.165) is 22.6 Å². The van der Waals surface area contributed by atoms with E-state index < -0.39 is 5.97 Å². The van der Waals surface area contributed by atoms with Crippen molar-refractivity contribution in [2.45, 2.75) is 13.8 Å². The minimum absolute atomic E-state index is 0.295. The maximum Gasteiger partial charge on any atom is 0.331 e.